The maximum absolute atomic E-state index is 12.5. The first-order valence-corrected chi connectivity index (χ1v) is 8.83. The first kappa shape index (κ1) is 18.4. The molecule has 0 aliphatic heterocycles. The van der Waals surface area contributed by atoms with Gasteiger partial charge in [0.25, 0.3) is 5.78 Å². The molecule has 0 fully saturated rings. The Hall–Kier alpha value is -1.62. The minimum Gasteiger partial charge on any atom is -0.283 e. The largest absolute Gasteiger partial charge is 0.312 e. The summed E-state index contributed by atoms with van der Waals surface area (Å²) in [6.07, 6.45) is 3.40. The molecule has 0 unspecified atom stereocenters. The second-order valence-corrected chi connectivity index (χ2v) is 6.08. The van der Waals surface area contributed by atoms with Crippen molar-refractivity contribution in [2.75, 3.05) is 12.0 Å². The third-order valence-electron chi connectivity index (χ3n) is 3.34. The van der Waals surface area contributed by atoms with E-state index in [0.29, 0.717) is 5.56 Å². The van der Waals surface area contributed by atoms with Crippen molar-refractivity contribution >= 4 is 29.2 Å². The molecule has 1 amide bonds. The van der Waals surface area contributed by atoms with Crippen molar-refractivity contribution in [1.29, 1.82) is 0 Å². The predicted octanol–water partition coefficient (Wildman–Crippen LogP) is 3.16. The number of amides is 1. The number of rotatable bonds is 7. The molecular formula is C17H24N2O2S. The van der Waals surface area contributed by atoms with Crippen LogP contribution < -0.4 is 5.43 Å². The molecule has 22 heavy (non-hydrogen) atoms. The van der Waals surface area contributed by atoms with Crippen LogP contribution >= 0.6 is 11.8 Å². The van der Waals surface area contributed by atoms with E-state index in [1.807, 2.05) is 46.1 Å². The van der Waals surface area contributed by atoms with Gasteiger partial charge in [0, 0.05) is 17.0 Å². The van der Waals surface area contributed by atoms with Gasteiger partial charge >= 0.3 is 5.91 Å². The molecule has 0 aromatic heterocycles. The van der Waals surface area contributed by atoms with Gasteiger partial charge in [-0.1, -0.05) is 31.5 Å². The Morgan fingerprint density at radius 1 is 1.18 bits per heavy atom. The Balaban J connectivity index is 3.07. The molecule has 0 aliphatic carbocycles. The van der Waals surface area contributed by atoms with Gasteiger partial charge in [-0.2, -0.15) is 16.9 Å². The smallest absolute Gasteiger partial charge is 0.283 e. The third kappa shape index (κ3) is 4.70. The number of aryl methyl sites for hydroxylation is 3. The number of hydrogen-bond donors (Lipinski definition) is 1. The molecule has 120 valence electrons. The van der Waals surface area contributed by atoms with E-state index < -0.39 is 11.7 Å². The summed E-state index contributed by atoms with van der Waals surface area (Å²) in [5.41, 5.74) is 6.63. The van der Waals surface area contributed by atoms with Crippen LogP contribution in [0.25, 0.3) is 0 Å². The number of thioether (sulfide) groups is 1. The minimum absolute atomic E-state index is 0.505. The lowest BCUT2D eigenvalue weighted by Gasteiger charge is -2.13. The van der Waals surface area contributed by atoms with E-state index >= 15 is 0 Å². The van der Waals surface area contributed by atoms with Gasteiger partial charge in [0.2, 0.25) is 0 Å². The summed E-state index contributed by atoms with van der Waals surface area (Å²) in [6, 6.07) is 3.95. The van der Waals surface area contributed by atoms with Crippen LogP contribution in [0.4, 0.5) is 0 Å². The van der Waals surface area contributed by atoms with Crippen molar-refractivity contribution in [3.8, 4) is 0 Å². The third-order valence-corrected chi connectivity index (χ3v) is 4.05. The van der Waals surface area contributed by atoms with Gasteiger partial charge in [-0.15, -0.1) is 0 Å². The summed E-state index contributed by atoms with van der Waals surface area (Å²) in [6.45, 7) is 7.80. The van der Waals surface area contributed by atoms with Gasteiger partial charge in [-0.3, -0.25) is 9.59 Å². The average Bonchev–Trinajstić information content (AvgIpc) is 2.51. The number of carbonyl (C=O) groups is 2. The molecule has 1 rings (SSSR count). The van der Waals surface area contributed by atoms with Crippen molar-refractivity contribution in [2.45, 2.75) is 40.5 Å². The van der Waals surface area contributed by atoms with Gasteiger partial charge < -0.3 is 0 Å². The number of carbonyl (C=O) groups excluding carboxylic acids is 2. The maximum Gasteiger partial charge on any atom is 0.312 e. The molecule has 0 atom stereocenters. The van der Waals surface area contributed by atoms with E-state index in [1.54, 1.807) is 11.8 Å². The summed E-state index contributed by atoms with van der Waals surface area (Å²) in [7, 11) is 0. The van der Waals surface area contributed by atoms with E-state index in [0.717, 1.165) is 41.0 Å². The summed E-state index contributed by atoms with van der Waals surface area (Å²) < 4.78 is 0. The zero-order chi connectivity index (χ0) is 16.7. The molecule has 0 heterocycles. The number of hydrazone groups is 1. The van der Waals surface area contributed by atoms with Crippen molar-refractivity contribution in [3.05, 3.63) is 34.4 Å². The molecule has 0 radical (unpaired) electrons. The Labute approximate surface area is 136 Å². The van der Waals surface area contributed by atoms with E-state index in [1.165, 1.54) is 0 Å². The zero-order valence-electron chi connectivity index (χ0n) is 13.9. The van der Waals surface area contributed by atoms with Crippen molar-refractivity contribution in [2.24, 2.45) is 5.10 Å². The SMILES string of the molecule is CCc1cc(C)cc(CC)c1C(=O)C(=O)N/N=C(/C)CSC. The van der Waals surface area contributed by atoms with E-state index in [9.17, 15) is 9.59 Å². The average molecular weight is 320 g/mol. The van der Waals surface area contributed by atoms with Gasteiger partial charge in [-0.25, -0.2) is 5.43 Å². The van der Waals surface area contributed by atoms with Crippen molar-refractivity contribution in [1.82, 2.24) is 5.43 Å². The van der Waals surface area contributed by atoms with Crippen LogP contribution in [-0.2, 0) is 17.6 Å². The summed E-state index contributed by atoms with van der Waals surface area (Å²) in [4.78, 5) is 24.6. The highest BCUT2D eigenvalue weighted by molar-refractivity contribution is 7.99. The van der Waals surface area contributed by atoms with Crippen molar-refractivity contribution in [3.63, 3.8) is 0 Å². The van der Waals surface area contributed by atoms with Gasteiger partial charge in [0.1, 0.15) is 0 Å². The van der Waals surface area contributed by atoms with Crippen molar-refractivity contribution < 1.29 is 9.59 Å². The fraction of sp³-hybridized carbons (Fsp3) is 0.471. The second-order valence-electron chi connectivity index (χ2n) is 5.22. The van der Waals surface area contributed by atoms with E-state index in [4.69, 9.17) is 0 Å². The molecule has 1 aromatic carbocycles. The topological polar surface area (TPSA) is 58.5 Å². The van der Waals surface area contributed by atoms with Crippen LogP contribution in [-0.4, -0.2) is 29.4 Å². The quantitative estimate of drug-likeness (QED) is 0.363. The van der Waals surface area contributed by atoms with E-state index in [-0.39, 0.29) is 0 Å². The zero-order valence-corrected chi connectivity index (χ0v) is 14.8. The van der Waals surface area contributed by atoms with Gasteiger partial charge in [-0.05, 0) is 44.1 Å². The summed E-state index contributed by atoms with van der Waals surface area (Å²) in [5, 5.41) is 3.96. The van der Waals surface area contributed by atoms with E-state index in [2.05, 4.69) is 10.5 Å². The number of benzene rings is 1. The number of ketones is 1. The fourth-order valence-corrected chi connectivity index (χ4v) is 2.83. The van der Waals surface area contributed by atoms with Gasteiger partial charge in [0.15, 0.2) is 0 Å². The van der Waals surface area contributed by atoms with Crippen LogP contribution in [0.5, 0.6) is 0 Å². The van der Waals surface area contributed by atoms with Crippen LogP contribution in [0.2, 0.25) is 0 Å². The summed E-state index contributed by atoms with van der Waals surface area (Å²) >= 11 is 1.61. The maximum atomic E-state index is 12.5. The first-order valence-electron chi connectivity index (χ1n) is 7.43. The summed E-state index contributed by atoms with van der Waals surface area (Å²) in [5.74, 6) is -0.456. The number of Topliss-reactive ketones (excluding diaryl/α,β-unsaturated/α-hetero) is 1. The van der Waals surface area contributed by atoms with Crippen LogP contribution in [0.3, 0.4) is 0 Å². The van der Waals surface area contributed by atoms with Crippen LogP contribution in [0.15, 0.2) is 17.2 Å². The molecule has 0 saturated heterocycles. The fourth-order valence-electron chi connectivity index (χ4n) is 2.34. The van der Waals surface area contributed by atoms with Gasteiger partial charge in [0.05, 0.1) is 0 Å². The Kier molecular flexibility index (Phi) is 7.32. The lowest BCUT2D eigenvalue weighted by atomic mass is 9.92. The van der Waals surface area contributed by atoms with Crippen LogP contribution in [0.1, 0.15) is 47.8 Å². The molecule has 0 spiro atoms. The van der Waals surface area contributed by atoms with Crippen LogP contribution in [0, 0.1) is 6.92 Å². The Bertz CT molecular complexity index is 569. The molecule has 1 N–H and O–H groups in total. The highest BCUT2D eigenvalue weighted by Crippen LogP contribution is 2.20. The number of nitrogens with one attached hydrogen (secondary N) is 1. The molecule has 4 nitrogen and oxygen atoms in total. The molecule has 5 heteroatoms. The molecule has 0 aliphatic rings. The first-order chi connectivity index (χ1) is 10.4. The minimum atomic E-state index is -0.672. The monoisotopic (exact) mass is 320 g/mol. The number of hydrogen-bond acceptors (Lipinski definition) is 4. The second kappa shape index (κ2) is 8.73. The molecule has 0 bridgehead atoms. The normalized spacial score (nSPS) is 11.4. The lowest BCUT2D eigenvalue weighted by Crippen LogP contribution is -2.29. The standard InChI is InChI=1S/C17H24N2O2S/c1-6-13-8-11(3)9-14(7-2)15(13)16(20)17(21)19-18-12(4)10-22-5/h8-9H,6-7,10H2,1-5H3,(H,19,21)/b18-12-. The lowest BCUT2D eigenvalue weighted by molar-refractivity contribution is -0.117. The number of nitrogens with zero attached hydrogens (tertiary/aromatic N) is 1. The molecular weight excluding hydrogens is 296 g/mol. The predicted molar refractivity (Wildman–Crippen MR) is 93.9 cm³/mol. The Morgan fingerprint density at radius 3 is 2.18 bits per heavy atom. The molecule has 0 saturated carbocycles. The highest BCUT2D eigenvalue weighted by atomic mass is 32.2. The Morgan fingerprint density at radius 2 is 1.73 bits per heavy atom. The highest BCUT2D eigenvalue weighted by Gasteiger charge is 2.22. The molecule has 1 aromatic rings.